The van der Waals surface area contributed by atoms with Crippen LogP contribution < -0.4 is 10.5 Å². The fraction of sp³-hybridized carbons (Fsp3) is 0.353. The summed E-state index contributed by atoms with van der Waals surface area (Å²) in [7, 11) is 2.10. The van der Waals surface area contributed by atoms with Crippen LogP contribution in [0, 0.1) is 0 Å². The molecule has 2 N–H and O–H groups in total. The summed E-state index contributed by atoms with van der Waals surface area (Å²) < 4.78 is 5.76. The van der Waals surface area contributed by atoms with E-state index in [1.807, 2.05) is 42.6 Å². The number of nitrogens with zero attached hydrogens (tertiary/aromatic N) is 2. The molecule has 4 nitrogen and oxygen atoms in total. The number of hydrogen-bond acceptors (Lipinski definition) is 4. The average Bonchev–Trinajstić information content (AvgIpc) is 2.54. The second-order valence-electron chi connectivity index (χ2n) is 5.07. The van der Waals surface area contributed by atoms with Crippen LogP contribution in [0.2, 0.25) is 0 Å². The fourth-order valence-electron chi connectivity index (χ4n) is 2.04. The number of rotatable bonds is 8. The summed E-state index contributed by atoms with van der Waals surface area (Å²) in [6.07, 6.45) is 2.79. The first-order valence-corrected chi connectivity index (χ1v) is 7.28. The monoisotopic (exact) mass is 285 g/mol. The van der Waals surface area contributed by atoms with Crippen LogP contribution in [-0.2, 0) is 13.0 Å². The van der Waals surface area contributed by atoms with E-state index in [0.717, 1.165) is 36.5 Å². The molecule has 0 aliphatic rings. The molecule has 0 fully saturated rings. The SMILES string of the molecule is CN(CCOc1cccc(CN)c1)CCc1ccccn1. The summed E-state index contributed by atoms with van der Waals surface area (Å²) >= 11 is 0. The standard InChI is InChI=1S/C17H23N3O/c1-20(10-8-16-6-2-3-9-19-16)11-12-21-17-7-4-5-15(13-17)14-18/h2-7,9,13H,8,10-12,14,18H2,1H3. The van der Waals surface area contributed by atoms with Crippen molar-refractivity contribution in [3.05, 3.63) is 59.9 Å². The van der Waals surface area contributed by atoms with Gasteiger partial charge in [0.05, 0.1) is 0 Å². The third-order valence-corrected chi connectivity index (χ3v) is 3.35. The Bertz CT molecular complexity index is 531. The second kappa shape index (κ2) is 8.39. The molecule has 0 bridgehead atoms. The van der Waals surface area contributed by atoms with Gasteiger partial charge in [0.2, 0.25) is 0 Å². The van der Waals surface area contributed by atoms with Gasteiger partial charge >= 0.3 is 0 Å². The zero-order valence-electron chi connectivity index (χ0n) is 12.5. The van der Waals surface area contributed by atoms with Crippen LogP contribution in [0.25, 0.3) is 0 Å². The van der Waals surface area contributed by atoms with E-state index in [1.54, 1.807) is 0 Å². The summed E-state index contributed by atoms with van der Waals surface area (Å²) in [5.41, 5.74) is 7.84. The largest absolute Gasteiger partial charge is 0.492 e. The average molecular weight is 285 g/mol. The maximum absolute atomic E-state index is 5.76. The summed E-state index contributed by atoms with van der Waals surface area (Å²) in [5.74, 6) is 0.885. The molecule has 0 spiro atoms. The lowest BCUT2D eigenvalue weighted by Crippen LogP contribution is -2.26. The number of aromatic nitrogens is 1. The number of nitrogens with two attached hydrogens (primary N) is 1. The van der Waals surface area contributed by atoms with Gasteiger partial charge in [-0.15, -0.1) is 0 Å². The van der Waals surface area contributed by atoms with Gasteiger partial charge in [0, 0.05) is 37.9 Å². The molecule has 0 aliphatic heterocycles. The van der Waals surface area contributed by atoms with Gasteiger partial charge in [-0.05, 0) is 36.9 Å². The van der Waals surface area contributed by atoms with Gasteiger partial charge in [0.25, 0.3) is 0 Å². The minimum Gasteiger partial charge on any atom is -0.492 e. The summed E-state index contributed by atoms with van der Waals surface area (Å²) in [6.45, 7) is 3.08. The van der Waals surface area contributed by atoms with E-state index in [0.29, 0.717) is 13.2 Å². The number of benzene rings is 1. The number of pyridine rings is 1. The zero-order valence-corrected chi connectivity index (χ0v) is 12.5. The predicted octanol–water partition coefficient (Wildman–Crippen LogP) is 2.09. The van der Waals surface area contributed by atoms with Crippen molar-refractivity contribution in [1.29, 1.82) is 0 Å². The van der Waals surface area contributed by atoms with E-state index in [-0.39, 0.29) is 0 Å². The molecule has 1 heterocycles. The minimum atomic E-state index is 0.543. The lowest BCUT2D eigenvalue weighted by Gasteiger charge is -2.16. The molecule has 0 atom stereocenters. The summed E-state index contributed by atoms with van der Waals surface area (Å²) in [6, 6.07) is 14.0. The topological polar surface area (TPSA) is 51.4 Å². The lowest BCUT2D eigenvalue weighted by molar-refractivity contribution is 0.238. The fourth-order valence-corrected chi connectivity index (χ4v) is 2.04. The highest BCUT2D eigenvalue weighted by Gasteiger charge is 2.01. The van der Waals surface area contributed by atoms with Crippen LogP contribution >= 0.6 is 0 Å². The first-order chi connectivity index (χ1) is 10.3. The highest BCUT2D eigenvalue weighted by molar-refractivity contribution is 5.28. The maximum atomic E-state index is 5.76. The summed E-state index contributed by atoms with van der Waals surface area (Å²) in [5, 5.41) is 0. The van der Waals surface area contributed by atoms with Gasteiger partial charge in [0.1, 0.15) is 12.4 Å². The Balaban J connectivity index is 1.68. The molecule has 0 aliphatic carbocycles. The van der Waals surface area contributed by atoms with Gasteiger partial charge in [-0.1, -0.05) is 18.2 Å². The molecule has 0 saturated carbocycles. The second-order valence-corrected chi connectivity index (χ2v) is 5.07. The van der Waals surface area contributed by atoms with E-state index < -0.39 is 0 Å². The summed E-state index contributed by atoms with van der Waals surface area (Å²) in [4.78, 5) is 6.58. The van der Waals surface area contributed by atoms with Crippen molar-refractivity contribution in [3.8, 4) is 5.75 Å². The Hall–Kier alpha value is -1.91. The maximum Gasteiger partial charge on any atom is 0.119 e. The molecule has 0 saturated heterocycles. The van der Waals surface area contributed by atoms with Gasteiger partial charge in [-0.3, -0.25) is 4.98 Å². The number of hydrogen-bond donors (Lipinski definition) is 1. The van der Waals surface area contributed by atoms with Gasteiger partial charge in [-0.2, -0.15) is 0 Å². The van der Waals surface area contributed by atoms with Crippen molar-refractivity contribution in [2.45, 2.75) is 13.0 Å². The molecule has 21 heavy (non-hydrogen) atoms. The molecule has 112 valence electrons. The van der Waals surface area contributed by atoms with Crippen LogP contribution in [-0.4, -0.2) is 36.6 Å². The normalized spacial score (nSPS) is 10.8. The Kier molecular flexibility index (Phi) is 6.19. The molecule has 1 aromatic carbocycles. The zero-order chi connectivity index (χ0) is 14.9. The molecule has 0 amide bonds. The first kappa shape index (κ1) is 15.5. The number of ether oxygens (including phenoxy) is 1. The molecule has 2 aromatic rings. The van der Waals surface area contributed by atoms with E-state index in [9.17, 15) is 0 Å². The van der Waals surface area contributed by atoms with Crippen molar-refractivity contribution >= 4 is 0 Å². The quantitative estimate of drug-likeness (QED) is 0.807. The molecule has 4 heteroatoms. The molecular formula is C17H23N3O. The molecular weight excluding hydrogens is 262 g/mol. The van der Waals surface area contributed by atoms with Crippen LogP contribution in [0.4, 0.5) is 0 Å². The van der Waals surface area contributed by atoms with E-state index in [2.05, 4.69) is 23.0 Å². The van der Waals surface area contributed by atoms with E-state index >= 15 is 0 Å². The Labute approximate surface area is 126 Å². The Morgan fingerprint density at radius 2 is 2.05 bits per heavy atom. The van der Waals surface area contributed by atoms with E-state index in [4.69, 9.17) is 10.5 Å². The predicted molar refractivity (Wildman–Crippen MR) is 85.3 cm³/mol. The van der Waals surface area contributed by atoms with Gasteiger partial charge < -0.3 is 15.4 Å². The highest BCUT2D eigenvalue weighted by Crippen LogP contribution is 2.12. The molecule has 1 aromatic heterocycles. The van der Waals surface area contributed by atoms with Gasteiger partial charge in [0.15, 0.2) is 0 Å². The molecule has 0 unspecified atom stereocenters. The van der Waals surface area contributed by atoms with E-state index in [1.165, 1.54) is 0 Å². The van der Waals surface area contributed by atoms with Crippen LogP contribution in [0.3, 0.4) is 0 Å². The van der Waals surface area contributed by atoms with Crippen molar-refractivity contribution in [3.63, 3.8) is 0 Å². The lowest BCUT2D eigenvalue weighted by atomic mass is 10.2. The Morgan fingerprint density at radius 3 is 2.81 bits per heavy atom. The molecule has 2 rings (SSSR count). The van der Waals surface area contributed by atoms with Crippen molar-refractivity contribution in [2.75, 3.05) is 26.7 Å². The first-order valence-electron chi connectivity index (χ1n) is 7.28. The van der Waals surface area contributed by atoms with Crippen LogP contribution in [0.1, 0.15) is 11.3 Å². The highest BCUT2D eigenvalue weighted by atomic mass is 16.5. The van der Waals surface area contributed by atoms with Crippen LogP contribution in [0.5, 0.6) is 5.75 Å². The van der Waals surface area contributed by atoms with Crippen molar-refractivity contribution < 1.29 is 4.74 Å². The third-order valence-electron chi connectivity index (χ3n) is 3.35. The van der Waals surface area contributed by atoms with Crippen LogP contribution in [0.15, 0.2) is 48.7 Å². The van der Waals surface area contributed by atoms with Crippen molar-refractivity contribution in [1.82, 2.24) is 9.88 Å². The minimum absolute atomic E-state index is 0.543. The van der Waals surface area contributed by atoms with Gasteiger partial charge in [-0.25, -0.2) is 0 Å². The van der Waals surface area contributed by atoms with Crippen molar-refractivity contribution in [2.24, 2.45) is 5.73 Å². The number of likely N-dealkylation sites (N-methyl/N-ethyl adjacent to an activating group) is 1. The Morgan fingerprint density at radius 1 is 1.14 bits per heavy atom. The molecule has 0 radical (unpaired) electrons. The smallest absolute Gasteiger partial charge is 0.119 e. The third kappa shape index (κ3) is 5.53.